The zero-order valence-corrected chi connectivity index (χ0v) is 82.8. The summed E-state index contributed by atoms with van der Waals surface area (Å²) >= 11 is 14.8. The molecule has 0 atom stereocenters. The van der Waals surface area contributed by atoms with Gasteiger partial charge in [0, 0.05) is 34.8 Å². The molecule has 0 spiro atoms. The number of rotatable bonds is 20. The van der Waals surface area contributed by atoms with Crippen LogP contribution in [0.2, 0.25) is 10.0 Å². The largest absolute Gasteiger partial charge is 3.00 e. The molecule has 0 radical (unpaired) electrons. The van der Waals surface area contributed by atoms with Crippen molar-refractivity contribution in [1.29, 1.82) is 0 Å². The van der Waals surface area contributed by atoms with Gasteiger partial charge in [-0.1, -0.05) is 355 Å². The molecule has 662 valence electrons. The van der Waals surface area contributed by atoms with Gasteiger partial charge in [-0.3, -0.25) is 9.97 Å². The van der Waals surface area contributed by atoms with Crippen molar-refractivity contribution in [2.24, 2.45) is 0 Å². The standard InChI is InChI=1S/C128H88Cl2N6.2Ir/c1-127(2,3)101-57-51-87(52-58-101)117-77-93(55-63-113(117)115-65-61-103(129)79-119(115)99-73-95(109-27-11-7-23-105(109)83-35-43-89(44-36-83)121-31-15-19-67-131-121)71-96(74-99)110-28-12-8-24-106(110)84-37-45-90(46-38-84)122-32-16-20-68-132-122)125-81-126(136-82-135-125)94-56-64-114(118(78-94)88-53-59-102(60-54-88)128(4,5)6)116-66-62-104(130)80-120(116)100-75-97(111-29-13-9-25-107(111)85-39-47-91(48-40-85)123-33-17-21-69-133-123)72-98(76-100)112-30-14-10-26-108(112)86-41-49-92(50-42-86)124-34-18-22-70-134-124;;/h7-43,45,47,49,51-54,57-82H,1-6H3;;/q-6;2*+3. The first-order valence-corrected chi connectivity index (χ1v) is 46.4. The molecule has 10 heteroatoms. The Labute approximate surface area is 844 Å². The number of hydrogen-bond donors (Lipinski definition) is 0. The van der Waals surface area contributed by atoms with E-state index in [0.29, 0.717) is 21.4 Å². The van der Waals surface area contributed by atoms with E-state index in [4.69, 9.17) is 33.2 Å². The first kappa shape index (κ1) is 92.2. The number of aromatic nitrogens is 6. The first-order chi connectivity index (χ1) is 66.5. The summed E-state index contributed by atoms with van der Waals surface area (Å²) in [5, 5.41) is 1.20. The van der Waals surface area contributed by atoms with Crippen molar-refractivity contribution < 1.29 is 40.2 Å². The second-order valence-electron chi connectivity index (χ2n) is 36.3. The minimum Gasteiger partial charge on any atom is -0.305 e. The molecule has 138 heavy (non-hydrogen) atoms. The molecular formula is C128H88Cl2Ir2N6. The molecule has 0 saturated heterocycles. The van der Waals surface area contributed by atoms with E-state index in [2.05, 4.69) is 407 Å². The second kappa shape index (κ2) is 40.2. The summed E-state index contributed by atoms with van der Waals surface area (Å²) in [6.07, 6.45) is 8.94. The molecule has 16 aromatic carbocycles. The maximum absolute atomic E-state index is 7.40. The van der Waals surface area contributed by atoms with Gasteiger partial charge in [0.2, 0.25) is 0 Å². The van der Waals surface area contributed by atoms with Gasteiger partial charge in [0.15, 0.2) is 0 Å². The molecule has 21 aromatic rings. The van der Waals surface area contributed by atoms with Gasteiger partial charge in [-0.05, 0) is 219 Å². The van der Waals surface area contributed by atoms with Crippen molar-refractivity contribution in [1.82, 2.24) is 29.9 Å². The molecule has 0 amide bonds. The van der Waals surface area contributed by atoms with E-state index in [-0.39, 0.29) is 51.0 Å². The molecule has 0 fully saturated rings. The summed E-state index contributed by atoms with van der Waals surface area (Å²) in [5.74, 6) is 0. The molecule has 0 saturated carbocycles. The summed E-state index contributed by atoms with van der Waals surface area (Å²) in [4.78, 5) is 28.9. The van der Waals surface area contributed by atoms with E-state index in [9.17, 15) is 0 Å². The fraction of sp³-hybridized carbons (Fsp3) is 0.0625. The molecule has 0 aliphatic carbocycles. The Kier molecular flexibility index (Phi) is 26.8. The van der Waals surface area contributed by atoms with Crippen molar-refractivity contribution in [3.63, 3.8) is 0 Å². The van der Waals surface area contributed by atoms with Crippen LogP contribution < -0.4 is 0 Å². The molecule has 0 aliphatic rings. The quantitative estimate of drug-likeness (QED) is 0.0708. The first-order valence-electron chi connectivity index (χ1n) is 45.7. The van der Waals surface area contributed by atoms with E-state index >= 15 is 0 Å². The van der Waals surface area contributed by atoms with Gasteiger partial charge in [-0.15, -0.1) is 167 Å². The fourth-order valence-electron chi connectivity index (χ4n) is 18.4. The molecule has 0 N–H and O–H groups in total. The number of halogens is 2. The Morgan fingerprint density at radius 3 is 0.681 bits per heavy atom. The third kappa shape index (κ3) is 19.5. The molecule has 5 aromatic heterocycles. The van der Waals surface area contributed by atoms with Crippen LogP contribution in [0.25, 0.3) is 223 Å². The van der Waals surface area contributed by atoms with Crippen LogP contribution >= 0.6 is 23.2 Å². The van der Waals surface area contributed by atoms with E-state index in [1.807, 2.05) is 110 Å². The maximum atomic E-state index is 7.40. The summed E-state index contributed by atoms with van der Waals surface area (Å²) in [5.41, 5.74) is 40.7. The predicted molar refractivity (Wildman–Crippen MR) is 562 cm³/mol. The van der Waals surface area contributed by atoms with Crippen LogP contribution in [0.15, 0.2) is 425 Å². The van der Waals surface area contributed by atoms with Crippen LogP contribution in [-0.2, 0) is 51.0 Å². The topological polar surface area (TPSA) is 77.3 Å². The Hall–Kier alpha value is -14.9. The number of nitrogens with zero attached hydrogens (tertiary/aromatic N) is 6. The SMILES string of the molecule is CC(C)(C)c1ccc(-c2cc(-c3cc(-c4[c-]cc(-c5ccc(Cl)cc5-c5cc(-c6ccccc6-c6c[c-]c(-c7ccccn7)cc6)cc(-c6ccccc6-c6c[c-]c(-c7ccccn7)cc6)c5)c(-c5ccc(C(C)(C)C)cc5)c4)ncn3)[c-]cc2-c2ccc(Cl)cc2-c2cc(-c3ccccc3-c3c[c-]c(-c4ccccn4)cc3)cc(-c3ccccc3-c3c[c-]c(-c4ccccn4)cc3)c2)cc1.[Ir+3].[Ir+3]. The van der Waals surface area contributed by atoms with Gasteiger partial charge in [0.25, 0.3) is 0 Å². The minimum atomic E-state index is -0.106. The van der Waals surface area contributed by atoms with E-state index in [1.165, 1.54) is 11.1 Å². The Balaban J connectivity index is 0.00000608. The fourth-order valence-corrected chi connectivity index (χ4v) is 18.7. The van der Waals surface area contributed by atoms with Crippen molar-refractivity contribution >= 4 is 23.2 Å². The average Bonchev–Trinajstić information content (AvgIpc) is 0.757. The molecule has 0 aliphatic heterocycles. The molecule has 0 bridgehead atoms. The summed E-state index contributed by atoms with van der Waals surface area (Å²) in [6, 6.07) is 161. The monoisotopic (exact) mass is 2160 g/mol. The van der Waals surface area contributed by atoms with Crippen LogP contribution in [0.1, 0.15) is 52.7 Å². The van der Waals surface area contributed by atoms with Crippen molar-refractivity contribution in [2.45, 2.75) is 52.4 Å². The van der Waals surface area contributed by atoms with Crippen molar-refractivity contribution in [3.05, 3.63) is 483 Å². The van der Waals surface area contributed by atoms with Gasteiger partial charge in [0.05, 0.1) is 6.33 Å². The molecule has 6 nitrogen and oxygen atoms in total. The van der Waals surface area contributed by atoms with E-state index < -0.39 is 0 Å². The molecule has 5 heterocycles. The third-order valence-electron chi connectivity index (χ3n) is 25.5. The summed E-state index contributed by atoms with van der Waals surface area (Å²) < 4.78 is 0. The molecular weight excluding hydrogens is 2080 g/mol. The summed E-state index contributed by atoms with van der Waals surface area (Å²) in [6.45, 7) is 13.5. The zero-order valence-electron chi connectivity index (χ0n) is 76.5. The number of hydrogen-bond acceptors (Lipinski definition) is 6. The zero-order chi connectivity index (χ0) is 92.4. The number of pyridine rings is 4. The third-order valence-corrected chi connectivity index (χ3v) is 26.0. The van der Waals surface area contributed by atoms with Gasteiger partial charge < -0.3 is 19.9 Å². The van der Waals surface area contributed by atoms with Gasteiger partial charge in [-0.2, -0.15) is 0 Å². The van der Waals surface area contributed by atoms with Gasteiger partial charge in [-0.25, -0.2) is 0 Å². The normalized spacial score (nSPS) is 11.4. The second-order valence-corrected chi connectivity index (χ2v) is 37.1. The average molecular weight is 2170 g/mol. The Morgan fingerprint density at radius 2 is 0.428 bits per heavy atom. The van der Waals surface area contributed by atoms with Crippen molar-refractivity contribution in [3.8, 4) is 223 Å². The van der Waals surface area contributed by atoms with Crippen LogP contribution in [-0.4, -0.2) is 29.9 Å². The number of benzene rings is 16. The van der Waals surface area contributed by atoms with Crippen LogP contribution in [0.5, 0.6) is 0 Å². The van der Waals surface area contributed by atoms with Gasteiger partial charge >= 0.3 is 40.2 Å². The van der Waals surface area contributed by atoms with Crippen LogP contribution in [0.3, 0.4) is 0 Å². The Morgan fingerprint density at radius 1 is 0.181 bits per heavy atom. The van der Waals surface area contributed by atoms with Crippen LogP contribution in [0.4, 0.5) is 0 Å². The van der Waals surface area contributed by atoms with Gasteiger partial charge in [0.1, 0.15) is 0 Å². The van der Waals surface area contributed by atoms with Crippen molar-refractivity contribution in [2.75, 3.05) is 0 Å². The predicted octanol–water partition coefficient (Wildman–Crippen LogP) is 34.1. The molecule has 0 unspecified atom stereocenters. The minimum absolute atomic E-state index is 0. The smallest absolute Gasteiger partial charge is 0.305 e. The van der Waals surface area contributed by atoms with Crippen LogP contribution in [0, 0.1) is 36.4 Å². The van der Waals surface area contributed by atoms with E-state index in [0.717, 1.165) is 212 Å². The molecule has 21 rings (SSSR count). The summed E-state index contributed by atoms with van der Waals surface area (Å²) in [7, 11) is 0. The Bertz CT molecular complexity index is 7230. The maximum Gasteiger partial charge on any atom is 3.00 e. The van der Waals surface area contributed by atoms with E-state index in [1.54, 1.807) is 6.33 Å².